The lowest BCUT2D eigenvalue weighted by Crippen LogP contribution is -2.45. The molecular formula is C14H30N2O. The fraction of sp³-hybridized carbons (Fsp3) is 1.00. The molecule has 1 rings (SSSR count). The monoisotopic (exact) mass is 242 g/mol. The third-order valence-electron chi connectivity index (χ3n) is 4.04. The molecule has 0 bridgehead atoms. The summed E-state index contributed by atoms with van der Waals surface area (Å²) < 4.78 is 0. The molecular weight excluding hydrogens is 212 g/mol. The third kappa shape index (κ3) is 5.84. The number of nitrogens with zero attached hydrogens (tertiary/aromatic N) is 1. The minimum Gasteiger partial charge on any atom is -0.389 e. The number of likely N-dealkylation sites (tertiary alicyclic amines) is 1. The first-order valence-electron chi connectivity index (χ1n) is 7.07. The smallest absolute Gasteiger partial charge is 0.0741 e. The van der Waals surface area contributed by atoms with Gasteiger partial charge in [0.2, 0.25) is 0 Å². The standard InChI is InChI=1S/C14H30N2O/c1-12-6-10-16(11-7-12)9-5-8-15-13(2)14(3,4)17/h12-13,15,17H,5-11H2,1-4H3. The van der Waals surface area contributed by atoms with Gasteiger partial charge in [-0.2, -0.15) is 0 Å². The van der Waals surface area contributed by atoms with Gasteiger partial charge in [-0.05, 0) is 72.1 Å². The zero-order chi connectivity index (χ0) is 12.9. The van der Waals surface area contributed by atoms with Gasteiger partial charge in [0.25, 0.3) is 0 Å². The van der Waals surface area contributed by atoms with E-state index in [2.05, 4.69) is 17.1 Å². The molecule has 1 aliphatic heterocycles. The third-order valence-corrected chi connectivity index (χ3v) is 4.04. The molecule has 3 heteroatoms. The van der Waals surface area contributed by atoms with E-state index in [0.29, 0.717) is 0 Å². The molecule has 2 N–H and O–H groups in total. The summed E-state index contributed by atoms with van der Waals surface area (Å²) in [4.78, 5) is 2.57. The lowest BCUT2D eigenvalue weighted by molar-refractivity contribution is 0.0440. The van der Waals surface area contributed by atoms with Crippen molar-refractivity contribution in [3.05, 3.63) is 0 Å². The maximum Gasteiger partial charge on any atom is 0.0741 e. The fourth-order valence-electron chi connectivity index (χ4n) is 2.16. The van der Waals surface area contributed by atoms with Crippen molar-refractivity contribution in [1.29, 1.82) is 0 Å². The van der Waals surface area contributed by atoms with Crippen molar-refractivity contribution >= 4 is 0 Å². The minimum atomic E-state index is -0.624. The summed E-state index contributed by atoms with van der Waals surface area (Å²) in [6, 6.07) is 0.156. The predicted octanol–water partition coefficient (Wildman–Crippen LogP) is 1.86. The lowest BCUT2D eigenvalue weighted by atomic mass is 9.99. The minimum absolute atomic E-state index is 0.156. The van der Waals surface area contributed by atoms with E-state index in [9.17, 15) is 5.11 Å². The van der Waals surface area contributed by atoms with Gasteiger partial charge in [0.1, 0.15) is 0 Å². The number of nitrogens with one attached hydrogen (secondary N) is 1. The molecule has 1 saturated heterocycles. The molecule has 102 valence electrons. The number of aliphatic hydroxyl groups is 1. The SMILES string of the molecule is CC1CCN(CCCNC(C)C(C)(C)O)CC1. The molecule has 0 saturated carbocycles. The Balaban J connectivity index is 2.04. The highest BCUT2D eigenvalue weighted by Crippen LogP contribution is 2.15. The van der Waals surface area contributed by atoms with E-state index >= 15 is 0 Å². The van der Waals surface area contributed by atoms with Crippen LogP contribution in [0.2, 0.25) is 0 Å². The summed E-state index contributed by atoms with van der Waals surface area (Å²) in [5, 5.41) is 13.2. The number of hydrogen-bond acceptors (Lipinski definition) is 3. The molecule has 17 heavy (non-hydrogen) atoms. The number of rotatable bonds is 6. The topological polar surface area (TPSA) is 35.5 Å². The van der Waals surface area contributed by atoms with Gasteiger partial charge in [0.05, 0.1) is 5.60 Å². The molecule has 0 spiro atoms. The van der Waals surface area contributed by atoms with Crippen LogP contribution in [0.4, 0.5) is 0 Å². The Bertz CT molecular complexity index is 205. The summed E-state index contributed by atoms with van der Waals surface area (Å²) in [5.74, 6) is 0.916. The van der Waals surface area contributed by atoms with Crippen LogP contribution in [0, 0.1) is 5.92 Å². The second kappa shape index (κ2) is 6.72. The van der Waals surface area contributed by atoms with E-state index in [1.807, 2.05) is 20.8 Å². The molecule has 0 aromatic carbocycles. The molecule has 0 radical (unpaired) electrons. The highest BCUT2D eigenvalue weighted by molar-refractivity contribution is 4.79. The predicted molar refractivity (Wildman–Crippen MR) is 73.2 cm³/mol. The van der Waals surface area contributed by atoms with Gasteiger partial charge in [-0.15, -0.1) is 0 Å². The molecule has 1 aliphatic rings. The zero-order valence-corrected chi connectivity index (χ0v) is 12.0. The van der Waals surface area contributed by atoms with Crippen molar-refractivity contribution in [2.45, 2.75) is 58.6 Å². The van der Waals surface area contributed by atoms with Crippen molar-refractivity contribution in [1.82, 2.24) is 10.2 Å². The van der Waals surface area contributed by atoms with Crippen molar-refractivity contribution < 1.29 is 5.11 Å². The summed E-state index contributed by atoms with van der Waals surface area (Å²) >= 11 is 0. The molecule has 1 unspecified atom stereocenters. The van der Waals surface area contributed by atoms with E-state index < -0.39 is 5.60 Å². The maximum absolute atomic E-state index is 9.79. The molecule has 0 aromatic rings. The van der Waals surface area contributed by atoms with Crippen LogP contribution in [-0.4, -0.2) is 47.8 Å². The van der Waals surface area contributed by atoms with E-state index in [4.69, 9.17) is 0 Å². The fourth-order valence-corrected chi connectivity index (χ4v) is 2.16. The van der Waals surface area contributed by atoms with Crippen molar-refractivity contribution in [2.24, 2.45) is 5.92 Å². The quantitative estimate of drug-likeness (QED) is 0.698. The van der Waals surface area contributed by atoms with Crippen LogP contribution < -0.4 is 5.32 Å². The highest BCUT2D eigenvalue weighted by Gasteiger charge is 2.21. The van der Waals surface area contributed by atoms with Crippen LogP contribution in [0.15, 0.2) is 0 Å². The van der Waals surface area contributed by atoms with Crippen LogP contribution >= 0.6 is 0 Å². The summed E-state index contributed by atoms with van der Waals surface area (Å²) in [6.07, 6.45) is 3.88. The van der Waals surface area contributed by atoms with Crippen LogP contribution in [0.3, 0.4) is 0 Å². The molecule has 1 atom stereocenters. The Morgan fingerprint density at radius 1 is 1.35 bits per heavy atom. The Hall–Kier alpha value is -0.120. The summed E-state index contributed by atoms with van der Waals surface area (Å²) in [6.45, 7) is 12.8. The van der Waals surface area contributed by atoms with Gasteiger partial charge in [-0.25, -0.2) is 0 Å². The first kappa shape index (κ1) is 14.9. The lowest BCUT2D eigenvalue weighted by Gasteiger charge is -2.31. The second-order valence-electron chi connectivity index (χ2n) is 6.21. The van der Waals surface area contributed by atoms with Gasteiger partial charge in [-0.3, -0.25) is 0 Å². The average Bonchev–Trinajstić information content (AvgIpc) is 2.25. The molecule has 0 aromatic heterocycles. The highest BCUT2D eigenvalue weighted by atomic mass is 16.3. The van der Waals surface area contributed by atoms with Gasteiger partial charge in [-0.1, -0.05) is 6.92 Å². The Labute approximate surface area is 107 Å². The second-order valence-corrected chi connectivity index (χ2v) is 6.21. The average molecular weight is 242 g/mol. The van der Waals surface area contributed by atoms with Gasteiger partial charge in [0.15, 0.2) is 0 Å². The van der Waals surface area contributed by atoms with Crippen molar-refractivity contribution in [3.8, 4) is 0 Å². The van der Waals surface area contributed by atoms with Crippen LogP contribution in [0.5, 0.6) is 0 Å². The maximum atomic E-state index is 9.79. The first-order chi connectivity index (χ1) is 7.89. The summed E-state index contributed by atoms with van der Waals surface area (Å²) in [5.41, 5.74) is -0.624. The van der Waals surface area contributed by atoms with E-state index in [1.165, 1.54) is 38.9 Å². The van der Waals surface area contributed by atoms with Crippen LogP contribution in [0.25, 0.3) is 0 Å². The largest absolute Gasteiger partial charge is 0.389 e. The Kier molecular flexibility index (Phi) is 5.90. The van der Waals surface area contributed by atoms with Crippen molar-refractivity contribution in [3.63, 3.8) is 0 Å². The number of piperidine rings is 1. The number of hydrogen-bond donors (Lipinski definition) is 2. The molecule has 3 nitrogen and oxygen atoms in total. The normalized spacial score (nSPS) is 21.7. The molecule has 0 amide bonds. The van der Waals surface area contributed by atoms with Crippen molar-refractivity contribution in [2.75, 3.05) is 26.2 Å². The molecule has 1 heterocycles. The zero-order valence-electron chi connectivity index (χ0n) is 12.0. The first-order valence-corrected chi connectivity index (χ1v) is 7.07. The van der Waals surface area contributed by atoms with E-state index in [-0.39, 0.29) is 6.04 Å². The summed E-state index contributed by atoms with van der Waals surface area (Å²) in [7, 11) is 0. The van der Waals surface area contributed by atoms with Crippen LogP contribution in [-0.2, 0) is 0 Å². The molecule has 0 aliphatic carbocycles. The Morgan fingerprint density at radius 3 is 2.47 bits per heavy atom. The Morgan fingerprint density at radius 2 is 1.94 bits per heavy atom. The van der Waals surface area contributed by atoms with Gasteiger partial charge < -0.3 is 15.3 Å². The van der Waals surface area contributed by atoms with Crippen LogP contribution in [0.1, 0.15) is 47.0 Å². The van der Waals surface area contributed by atoms with Gasteiger partial charge in [0, 0.05) is 6.04 Å². The van der Waals surface area contributed by atoms with E-state index in [1.54, 1.807) is 0 Å². The van der Waals surface area contributed by atoms with E-state index in [0.717, 1.165) is 12.5 Å². The molecule has 1 fully saturated rings. The van der Waals surface area contributed by atoms with Gasteiger partial charge >= 0.3 is 0 Å².